The first-order valence-corrected chi connectivity index (χ1v) is 7.58. The number of rotatable bonds is 4. The molecule has 2 rings (SSSR count). The Bertz CT molecular complexity index is 156. The minimum atomic E-state index is 0.394. The van der Waals surface area contributed by atoms with E-state index in [-0.39, 0.29) is 0 Å². The van der Waals surface area contributed by atoms with Gasteiger partial charge in [-0.1, -0.05) is 57.8 Å². The van der Waals surface area contributed by atoms with Gasteiger partial charge in [-0.05, 0) is 24.7 Å². The number of aliphatic hydroxyl groups is 2. The van der Waals surface area contributed by atoms with Gasteiger partial charge in [-0.25, -0.2) is 0 Å². The maximum atomic E-state index is 8.62. The van der Waals surface area contributed by atoms with Crippen molar-refractivity contribution in [2.45, 2.75) is 70.6 Å². The third-order valence-electron chi connectivity index (χ3n) is 4.27. The second-order valence-electron chi connectivity index (χ2n) is 5.68. The fourth-order valence-electron chi connectivity index (χ4n) is 3.14. The predicted molar refractivity (Wildman–Crippen MR) is 71.9 cm³/mol. The Labute approximate surface area is 106 Å². The summed E-state index contributed by atoms with van der Waals surface area (Å²) in [6.45, 7) is 0.787. The Hall–Kier alpha value is -0.0800. The van der Waals surface area contributed by atoms with E-state index in [0.29, 0.717) is 13.2 Å². The molecule has 0 unspecified atom stereocenters. The van der Waals surface area contributed by atoms with E-state index in [2.05, 4.69) is 0 Å². The van der Waals surface area contributed by atoms with Crippen molar-refractivity contribution >= 4 is 0 Å². The largest absolute Gasteiger partial charge is 0.396 e. The molecule has 0 aliphatic heterocycles. The van der Waals surface area contributed by atoms with E-state index in [1.54, 1.807) is 0 Å². The van der Waals surface area contributed by atoms with E-state index < -0.39 is 0 Å². The zero-order chi connectivity index (χ0) is 12.3. The first-order valence-electron chi connectivity index (χ1n) is 7.58. The molecule has 0 bridgehead atoms. The van der Waals surface area contributed by atoms with Gasteiger partial charge in [0.1, 0.15) is 0 Å². The summed E-state index contributed by atoms with van der Waals surface area (Å²) in [5.41, 5.74) is 0. The van der Waals surface area contributed by atoms with Crippen LogP contribution in [0.1, 0.15) is 70.6 Å². The van der Waals surface area contributed by atoms with Crippen molar-refractivity contribution < 1.29 is 10.2 Å². The van der Waals surface area contributed by atoms with Gasteiger partial charge < -0.3 is 10.2 Å². The van der Waals surface area contributed by atoms with Gasteiger partial charge >= 0.3 is 0 Å². The maximum Gasteiger partial charge on any atom is 0.0433 e. The lowest BCUT2D eigenvalue weighted by molar-refractivity contribution is 0.230. The summed E-state index contributed by atoms with van der Waals surface area (Å²) in [5, 5.41) is 17.1. The van der Waals surface area contributed by atoms with Crippen molar-refractivity contribution in [3.8, 4) is 0 Å². The molecule has 0 saturated heterocycles. The van der Waals surface area contributed by atoms with Crippen molar-refractivity contribution in [2.75, 3.05) is 13.2 Å². The van der Waals surface area contributed by atoms with Crippen LogP contribution in [-0.4, -0.2) is 23.4 Å². The highest BCUT2D eigenvalue weighted by molar-refractivity contribution is 4.66. The van der Waals surface area contributed by atoms with Crippen LogP contribution in [0.2, 0.25) is 0 Å². The quantitative estimate of drug-likeness (QED) is 0.792. The summed E-state index contributed by atoms with van der Waals surface area (Å²) < 4.78 is 0. The fourth-order valence-corrected chi connectivity index (χ4v) is 3.14. The molecule has 0 aromatic rings. The second kappa shape index (κ2) is 9.90. The minimum absolute atomic E-state index is 0.394. The van der Waals surface area contributed by atoms with E-state index in [0.717, 1.165) is 24.7 Å². The van der Waals surface area contributed by atoms with Crippen LogP contribution in [-0.2, 0) is 0 Å². The molecular formula is C15H30O2. The zero-order valence-corrected chi connectivity index (χ0v) is 11.2. The fraction of sp³-hybridized carbons (Fsp3) is 1.00. The SMILES string of the molecule is OCCC1CCCC1.OCCC1CCCCC1. The average molecular weight is 242 g/mol. The highest BCUT2D eigenvalue weighted by atomic mass is 16.3. The van der Waals surface area contributed by atoms with Crippen molar-refractivity contribution in [2.24, 2.45) is 11.8 Å². The van der Waals surface area contributed by atoms with Crippen LogP contribution in [0.5, 0.6) is 0 Å². The summed E-state index contributed by atoms with van der Waals surface area (Å²) in [4.78, 5) is 0. The van der Waals surface area contributed by atoms with Gasteiger partial charge in [0.15, 0.2) is 0 Å². The lowest BCUT2D eigenvalue weighted by Gasteiger charge is -2.19. The first kappa shape index (κ1) is 15.0. The van der Waals surface area contributed by atoms with Gasteiger partial charge in [0, 0.05) is 13.2 Å². The number of hydrogen-bond donors (Lipinski definition) is 2. The van der Waals surface area contributed by atoms with Crippen molar-refractivity contribution in [1.29, 1.82) is 0 Å². The van der Waals surface area contributed by atoms with Gasteiger partial charge in [-0.15, -0.1) is 0 Å². The molecule has 2 aliphatic carbocycles. The van der Waals surface area contributed by atoms with E-state index in [4.69, 9.17) is 10.2 Å². The van der Waals surface area contributed by atoms with Crippen LogP contribution in [0, 0.1) is 11.8 Å². The Morgan fingerprint density at radius 3 is 1.29 bits per heavy atom. The zero-order valence-electron chi connectivity index (χ0n) is 11.2. The Morgan fingerprint density at radius 2 is 0.941 bits per heavy atom. The molecule has 102 valence electrons. The molecule has 0 atom stereocenters. The van der Waals surface area contributed by atoms with E-state index >= 15 is 0 Å². The normalized spacial score (nSPS) is 22.2. The summed E-state index contributed by atoms with van der Waals surface area (Å²) in [5.74, 6) is 1.71. The lowest BCUT2D eigenvalue weighted by atomic mass is 9.87. The van der Waals surface area contributed by atoms with Crippen LogP contribution in [0.15, 0.2) is 0 Å². The lowest BCUT2D eigenvalue weighted by Crippen LogP contribution is -2.07. The Kier molecular flexibility index (Phi) is 8.72. The monoisotopic (exact) mass is 242 g/mol. The predicted octanol–water partition coefficient (Wildman–Crippen LogP) is 3.51. The number of hydrogen-bond acceptors (Lipinski definition) is 2. The maximum absolute atomic E-state index is 8.62. The van der Waals surface area contributed by atoms with Crippen molar-refractivity contribution in [1.82, 2.24) is 0 Å². The third kappa shape index (κ3) is 7.05. The van der Waals surface area contributed by atoms with Crippen LogP contribution in [0.3, 0.4) is 0 Å². The van der Waals surface area contributed by atoms with Crippen LogP contribution >= 0.6 is 0 Å². The van der Waals surface area contributed by atoms with Gasteiger partial charge in [0.2, 0.25) is 0 Å². The third-order valence-corrected chi connectivity index (χ3v) is 4.27. The van der Waals surface area contributed by atoms with Crippen LogP contribution in [0.25, 0.3) is 0 Å². The van der Waals surface area contributed by atoms with E-state index in [1.165, 1.54) is 57.8 Å². The average Bonchev–Trinajstić information content (AvgIpc) is 2.85. The van der Waals surface area contributed by atoms with Gasteiger partial charge in [0.05, 0.1) is 0 Å². The highest BCUT2D eigenvalue weighted by Crippen LogP contribution is 2.26. The first-order chi connectivity index (χ1) is 8.36. The summed E-state index contributed by atoms with van der Waals surface area (Å²) in [7, 11) is 0. The summed E-state index contributed by atoms with van der Waals surface area (Å²) in [6.07, 6.45) is 14.5. The van der Waals surface area contributed by atoms with Gasteiger partial charge in [-0.3, -0.25) is 0 Å². The number of aliphatic hydroxyl groups excluding tert-OH is 2. The molecule has 2 N–H and O–H groups in total. The van der Waals surface area contributed by atoms with Crippen molar-refractivity contribution in [3.63, 3.8) is 0 Å². The Morgan fingerprint density at radius 1 is 0.588 bits per heavy atom. The van der Waals surface area contributed by atoms with Gasteiger partial charge in [-0.2, -0.15) is 0 Å². The van der Waals surface area contributed by atoms with E-state index in [9.17, 15) is 0 Å². The minimum Gasteiger partial charge on any atom is -0.396 e. The smallest absolute Gasteiger partial charge is 0.0433 e. The molecule has 2 nitrogen and oxygen atoms in total. The molecule has 2 heteroatoms. The van der Waals surface area contributed by atoms with Crippen LogP contribution in [0.4, 0.5) is 0 Å². The van der Waals surface area contributed by atoms with Crippen molar-refractivity contribution in [3.05, 3.63) is 0 Å². The molecule has 2 saturated carbocycles. The highest BCUT2D eigenvalue weighted by Gasteiger charge is 2.13. The molecule has 0 spiro atoms. The summed E-state index contributed by atoms with van der Waals surface area (Å²) in [6, 6.07) is 0. The molecule has 0 aromatic heterocycles. The molecule has 17 heavy (non-hydrogen) atoms. The van der Waals surface area contributed by atoms with Crippen LogP contribution < -0.4 is 0 Å². The molecule has 0 radical (unpaired) electrons. The molecule has 0 aromatic carbocycles. The summed E-state index contributed by atoms with van der Waals surface area (Å²) >= 11 is 0. The Balaban J connectivity index is 0.000000171. The molecule has 2 aliphatic rings. The van der Waals surface area contributed by atoms with E-state index in [1.807, 2.05) is 0 Å². The standard InChI is InChI=1S/C8H16O.C7H14O/c9-7-6-8-4-2-1-3-5-8;8-6-5-7-3-1-2-4-7/h8-9H,1-7H2;7-8H,1-6H2. The second-order valence-corrected chi connectivity index (χ2v) is 5.68. The molecule has 0 amide bonds. The van der Waals surface area contributed by atoms with Gasteiger partial charge in [0.25, 0.3) is 0 Å². The molecule has 0 heterocycles. The molecule has 2 fully saturated rings. The topological polar surface area (TPSA) is 40.5 Å². The molecular weight excluding hydrogens is 212 g/mol.